The minimum atomic E-state index is 0.0956. The van der Waals surface area contributed by atoms with Crippen LogP contribution in [0.5, 0.6) is 0 Å². The maximum atomic E-state index is 12.7. The Balaban J connectivity index is 2.29. The van der Waals surface area contributed by atoms with E-state index in [4.69, 9.17) is 5.73 Å². The molecule has 0 aliphatic carbocycles. The minimum Gasteiger partial charge on any atom is -0.398 e. The van der Waals surface area contributed by atoms with Crippen LogP contribution in [0.15, 0.2) is 16.6 Å². The number of rotatable bonds is 1. The molecule has 1 aliphatic rings. The van der Waals surface area contributed by atoms with Crippen molar-refractivity contribution in [3.8, 4) is 0 Å². The van der Waals surface area contributed by atoms with Gasteiger partial charge >= 0.3 is 0 Å². The van der Waals surface area contributed by atoms with Gasteiger partial charge in [-0.25, -0.2) is 0 Å². The largest absolute Gasteiger partial charge is 0.398 e. The van der Waals surface area contributed by atoms with Crippen LogP contribution in [-0.4, -0.2) is 23.9 Å². The normalized spacial score (nSPS) is 18.4. The summed E-state index contributed by atoms with van der Waals surface area (Å²) in [7, 11) is 0. The van der Waals surface area contributed by atoms with Gasteiger partial charge in [0.05, 0.1) is 0 Å². The van der Waals surface area contributed by atoms with Crippen molar-refractivity contribution >= 4 is 27.5 Å². The summed E-state index contributed by atoms with van der Waals surface area (Å²) in [5.41, 5.74) is 8.39. The zero-order chi connectivity index (χ0) is 14.2. The maximum Gasteiger partial charge on any atom is 0.254 e. The third kappa shape index (κ3) is 3.11. The van der Waals surface area contributed by atoms with E-state index in [-0.39, 0.29) is 11.3 Å². The second-order valence-corrected chi connectivity index (χ2v) is 7.08. The molecule has 3 nitrogen and oxygen atoms in total. The molecule has 0 radical (unpaired) electrons. The predicted molar refractivity (Wildman–Crippen MR) is 82.2 cm³/mol. The van der Waals surface area contributed by atoms with Crippen LogP contribution in [0.3, 0.4) is 0 Å². The number of nitrogens with two attached hydrogens (primary N) is 1. The quantitative estimate of drug-likeness (QED) is 0.802. The van der Waals surface area contributed by atoms with Crippen LogP contribution >= 0.6 is 15.9 Å². The molecule has 0 bridgehead atoms. The molecule has 1 amide bonds. The second-order valence-electron chi connectivity index (χ2n) is 6.16. The van der Waals surface area contributed by atoms with Gasteiger partial charge in [0, 0.05) is 28.8 Å². The SMILES string of the molecule is Cc1c(N)cc(Br)cc1C(=O)N1CCCC(C)(C)C1. The molecule has 104 valence electrons. The van der Waals surface area contributed by atoms with E-state index in [1.807, 2.05) is 24.0 Å². The predicted octanol–water partition coefficient (Wildman–Crippen LogP) is 3.60. The summed E-state index contributed by atoms with van der Waals surface area (Å²) in [4.78, 5) is 14.6. The molecule has 1 saturated heterocycles. The van der Waals surface area contributed by atoms with Gasteiger partial charge in [-0.2, -0.15) is 0 Å². The molecule has 1 fully saturated rings. The van der Waals surface area contributed by atoms with E-state index < -0.39 is 0 Å². The van der Waals surface area contributed by atoms with Gasteiger partial charge in [0.1, 0.15) is 0 Å². The number of hydrogen-bond acceptors (Lipinski definition) is 2. The van der Waals surface area contributed by atoms with Gasteiger partial charge in [0.15, 0.2) is 0 Å². The summed E-state index contributed by atoms with van der Waals surface area (Å²) in [5, 5.41) is 0. The first-order valence-electron chi connectivity index (χ1n) is 6.65. The van der Waals surface area contributed by atoms with E-state index in [0.717, 1.165) is 29.5 Å². The van der Waals surface area contributed by atoms with E-state index in [0.29, 0.717) is 11.3 Å². The molecule has 1 aliphatic heterocycles. The van der Waals surface area contributed by atoms with Gasteiger partial charge in [0.25, 0.3) is 5.91 Å². The lowest BCUT2D eigenvalue weighted by Crippen LogP contribution is -2.43. The van der Waals surface area contributed by atoms with Crippen LogP contribution in [0.1, 0.15) is 42.6 Å². The number of amides is 1. The molecule has 1 heterocycles. The van der Waals surface area contributed by atoms with E-state index in [1.165, 1.54) is 6.42 Å². The monoisotopic (exact) mass is 324 g/mol. The Bertz CT molecular complexity index is 511. The van der Waals surface area contributed by atoms with E-state index in [1.54, 1.807) is 0 Å². The Kier molecular flexibility index (Phi) is 3.90. The highest BCUT2D eigenvalue weighted by Crippen LogP contribution is 2.31. The molecule has 1 aromatic carbocycles. The number of nitrogens with zero attached hydrogens (tertiary/aromatic N) is 1. The molecular weight excluding hydrogens is 304 g/mol. The van der Waals surface area contributed by atoms with Crippen molar-refractivity contribution < 1.29 is 4.79 Å². The number of anilines is 1. The molecule has 4 heteroatoms. The average Bonchev–Trinajstić information content (AvgIpc) is 2.31. The van der Waals surface area contributed by atoms with Crippen molar-refractivity contribution in [1.29, 1.82) is 0 Å². The third-order valence-electron chi connectivity index (χ3n) is 3.83. The minimum absolute atomic E-state index is 0.0956. The van der Waals surface area contributed by atoms with Gasteiger partial charge in [-0.15, -0.1) is 0 Å². The number of piperidine rings is 1. The molecule has 0 spiro atoms. The van der Waals surface area contributed by atoms with Crippen molar-refractivity contribution in [1.82, 2.24) is 4.90 Å². The second kappa shape index (κ2) is 5.16. The standard InChI is InChI=1S/C15H21BrN2O/c1-10-12(7-11(16)8-13(10)17)14(19)18-6-4-5-15(2,3)9-18/h7-8H,4-6,9,17H2,1-3H3. The molecule has 2 N–H and O–H groups in total. The van der Waals surface area contributed by atoms with Crippen LogP contribution in [0.4, 0.5) is 5.69 Å². The number of benzene rings is 1. The number of hydrogen-bond donors (Lipinski definition) is 1. The fraction of sp³-hybridized carbons (Fsp3) is 0.533. The molecule has 19 heavy (non-hydrogen) atoms. The molecule has 0 saturated carbocycles. The fourth-order valence-electron chi connectivity index (χ4n) is 2.69. The fourth-order valence-corrected chi connectivity index (χ4v) is 3.16. The van der Waals surface area contributed by atoms with Gasteiger partial charge < -0.3 is 10.6 Å². The zero-order valence-corrected chi connectivity index (χ0v) is 13.4. The van der Waals surface area contributed by atoms with E-state index in [2.05, 4.69) is 29.8 Å². The van der Waals surface area contributed by atoms with Crippen LogP contribution in [0, 0.1) is 12.3 Å². The highest BCUT2D eigenvalue weighted by Gasteiger charge is 2.30. The smallest absolute Gasteiger partial charge is 0.254 e. The first-order valence-corrected chi connectivity index (χ1v) is 7.44. The third-order valence-corrected chi connectivity index (χ3v) is 4.29. The first kappa shape index (κ1) is 14.4. The summed E-state index contributed by atoms with van der Waals surface area (Å²) >= 11 is 3.41. The molecule has 1 aromatic rings. The van der Waals surface area contributed by atoms with Crippen molar-refractivity contribution in [3.63, 3.8) is 0 Å². The molecule has 2 rings (SSSR count). The lowest BCUT2D eigenvalue weighted by molar-refractivity contribution is 0.0582. The maximum absolute atomic E-state index is 12.7. The van der Waals surface area contributed by atoms with Crippen LogP contribution in [-0.2, 0) is 0 Å². The first-order chi connectivity index (χ1) is 8.80. The number of carbonyl (C=O) groups is 1. The van der Waals surface area contributed by atoms with Gasteiger partial charge in [0.2, 0.25) is 0 Å². The van der Waals surface area contributed by atoms with Crippen molar-refractivity contribution in [2.24, 2.45) is 5.41 Å². The Labute approximate surface area is 123 Å². The van der Waals surface area contributed by atoms with Gasteiger partial charge in [-0.1, -0.05) is 29.8 Å². The lowest BCUT2D eigenvalue weighted by Gasteiger charge is -2.38. The van der Waals surface area contributed by atoms with Crippen molar-refractivity contribution in [3.05, 3.63) is 27.7 Å². The zero-order valence-electron chi connectivity index (χ0n) is 11.8. The van der Waals surface area contributed by atoms with Crippen LogP contribution < -0.4 is 5.73 Å². The lowest BCUT2D eigenvalue weighted by atomic mass is 9.84. The summed E-state index contributed by atoms with van der Waals surface area (Å²) in [6.45, 7) is 8.00. The Morgan fingerprint density at radius 2 is 2.11 bits per heavy atom. The number of nitrogen functional groups attached to an aromatic ring is 1. The van der Waals surface area contributed by atoms with Crippen LogP contribution in [0.2, 0.25) is 0 Å². The topological polar surface area (TPSA) is 46.3 Å². The highest BCUT2D eigenvalue weighted by molar-refractivity contribution is 9.10. The molecule has 0 aromatic heterocycles. The van der Waals surface area contributed by atoms with E-state index >= 15 is 0 Å². The number of carbonyl (C=O) groups excluding carboxylic acids is 1. The van der Waals surface area contributed by atoms with Crippen LogP contribution in [0.25, 0.3) is 0 Å². The Morgan fingerprint density at radius 1 is 1.42 bits per heavy atom. The molecule has 0 atom stereocenters. The summed E-state index contributed by atoms with van der Waals surface area (Å²) in [6.07, 6.45) is 2.25. The molecular formula is C15H21BrN2O. The summed E-state index contributed by atoms with van der Waals surface area (Å²) in [5.74, 6) is 0.0956. The summed E-state index contributed by atoms with van der Waals surface area (Å²) in [6, 6.07) is 3.71. The number of likely N-dealkylation sites (tertiary alicyclic amines) is 1. The Morgan fingerprint density at radius 3 is 2.74 bits per heavy atom. The van der Waals surface area contributed by atoms with E-state index in [9.17, 15) is 4.79 Å². The Hall–Kier alpha value is -1.03. The van der Waals surface area contributed by atoms with Crippen molar-refractivity contribution in [2.75, 3.05) is 18.8 Å². The average molecular weight is 325 g/mol. The molecule has 0 unspecified atom stereocenters. The summed E-state index contributed by atoms with van der Waals surface area (Å²) < 4.78 is 0.857. The highest BCUT2D eigenvalue weighted by atomic mass is 79.9. The van der Waals surface area contributed by atoms with Gasteiger partial charge in [-0.05, 0) is 42.9 Å². The van der Waals surface area contributed by atoms with Gasteiger partial charge in [-0.3, -0.25) is 4.79 Å². The number of halogens is 1. The van der Waals surface area contributed by atoms with Crippen molar-refractivity contribution in [2.45, 2.75) is 33.6 Å².